The van der Waals surface area contributed by atoms with Crippen LogP contribution in [-0.2, 0) is 6.42 Å². The smallest absolute Gasteiger partial charge is 0.133 e. The van der Waals surface area contributed by atoms with Crippen LogP contribution < -0.4 is 5.32 Å². The molecule has 0 saturated heterocycles. The van der Waals surface area contributed by atoms with Crippen LogP contribution in [0.3, 0.4) is 0 Å². The van der Waals surface area contributed by atoms with Gasteiger partial charge < -0.3 is 5.32 Å². The van der Waals surface area contributed by atoms with Crippen LogP contribution in [0.15, 0.2) is 0 Å². The van der Waals surface area contributed by atoms with E-state index in [9.17, 15) is 0 Å². The summed E-state index contributed by atoms with van der Waals surface area (Å²) in [5.74, 6) is 1.83. The van der Waals surface area contributed by atoms with Gasteiger partial charge in [0.25, 0.3) is 0 Å². The molecule has 3 heteroatoms. The van der Waals surface area contributed by atoms with E-state index in [1.807, 2.05) is 13.8 Å². The van der Waals surface area contributed by atoms with Crippen molar-refractivity contribution in [1.82, 2.24) is 9.97 Å². The maximum atomic E-state index is 4.37. The van der Waals surface area contributed by atoms with Crippen molar-refractivity contribution in [3.63, 3.8) is 0 Å². The summed E-state index contributed by atoms with van der Waals surface area (Å²) in [6, 6.07) is 0. The molecule has 0 aliphatic rings. The van der Waals surface area contributed by atoms with E-state index in [0.717, 1.165) is 30.3 Å². The van der Waals surface area contributed by atoms with E-state index >= 15 is 0 Å². The van der Waals surface area contributed by atoms with Crippen LogP contribution in [-0.4, -0.2) is 16.5 Å². The molecule has 0 unspecified atom stereocenters. The minimum atomic E-state index is 0.839. The second-order valence-corrected chi connectivity index (χ2v) is 3.07. The van der Waals surface area contributed by atoms with Crippen molar-refractivity contribution in [3.05, 3.63) is 17.1 Å². The van der Waals surface area contributed by atoms with Crippen molar-refractivity contribution < 1.29 is 0 Å². The molecule has 0 saturated carbocycles. The first-order chi connectivity index (χ1) is 6.19. The number of rotatable bonds is 3. The van der Waals surface area contributed by atoms with Gasteiger partial charge in [0, 0.05) is 17.8 Å². The van der Waals surface area contributed by atoms with Crippen molar-refractivity contribution >= 4 is 5.82 Å². The third-order valence-electron chi connectivity index (χ3n) is 2.02. The van der Waals surface area contributed by atoms with Crippen molar-refractivity contribution in [2.24, 2.45) is 0 Å². The SMILES string of the molecule is CCNc1nc(C)nc(C)c1CC. The summed E-state index contributed by atoms with van der Waals surface area (Å²) >= 11 is 0. The molecule has 0 bridgehead atoms. The standard InChI is InChI=1S/C10H17N3/c1-5-9-7(3)12-8(4)13-10(9)11-6-2/h5-6H2,1-4H3,(H,11,12,13). The zero-order chi connectivity index (χ0) is 9.84. The molecular weight excluding hydrogens is 162 g/mol. The summed E-state index contributed by atoms with van der Waals surface area (Å²) in [5, 5.41) is 3.26. The first-order valence-corrected chi connectivity index (χ1v) is 4.77. The lowest BCUT2D eigenvalue weighted by atomic mass is 10.1. The number of nitrogens with zero attached hydrogens (tertiary/aromatic N) is 2. The first-order valence-electron chi connectivity index (χ1n) is 4.77. The molecule has 1 rings (SSSR count). The van der Waals surface area contributed by atoms with Gasteiger partial charge in [-0.3, -0.25) is 0 Å². The van der Waals surface area contributed by atoms with E-state index in [4.69, 9.17) is 0 Å². The average Bonchev–Trinajstić information content (AvgIpc) is 2.04. The third-order valence-corrected chi connectivity index (χ3v) is 2.02. The molecule has 1 N–H and O–H groups in total. The molecule has 0 radical (unpaired) electrons. The third kappa shape index (κ3) is 2.17. The van der Waals surface area contributed by atoms with Gasteiger partial charge in [0.15, 0.2) is 0 Å². The largest absolute Gasteiger partial charge is 0.370 e. The average molecular weight is 179 g/mol. The fourth-order valence-electron chi connectivity index (χ4n) is 1.47. The summed E-state index contributed by atoms with van der Waals surface area (Å²) in [6.45, 7) is 9.07. The maximum Gasteiger partial charge on any atom is 0.133 e. The molecule has 1 aromatic rings. The summed E-state index contributed by atoms with van der Waals surface area (Å²) in [4.78, 5) is 8.71. The minimum absolute atomic E-state index is 0.839. The Balaban J connectivity index is 3.13. The number of aryl methyl sites for hydroxylation is 2. The van der Waals surface area contributed by atoms with Crippen LogP contribution in [0.5, 0.6) is 0 Å². The second kappa shape index (κ2) is 4.21. The second-order valence-electron chi connectivity index (χ2n) is 3.07. The fraction of sp³-hybridized carbons (Fsp3) is 0.600. The molecule has 0 spiro atoms. The van der Waals surface area contributed by atoms with Gasteiger partial charge in [-0.25, -0.2) is 9.97 Å². The van der Waals surface area contributed by atoms with E-state index in [2.05, 4.69) is 29.1 Å². The van der Waals surface area contributed by atoms with E-state index in [1.54, 1.807) is 0 Å². The minimum Gasteiger partial charge on any atom is -0.370 e. The number of aromatic nitrogens is 2. The predicted octanol–water partition coefficient (Wildman–Crippen LogP) is 2.09. The fourth-order valence-corrected chi connectivity index (χ4v) is 1.47. The molecule has 1 aromatic heterocycles. The van der Waals surface area contributed by atoms with Crippen LogP contribution in [0, 0.1) is 13.8 Å². The Kier molecular flexibility index (Phi) is 3.23. The van der Waals surface area contributed by atoms with E-state index in [0.29, 0.717) is 0 Å². The van der Waals surface area contributed by atoms with Crippen LogP contribution in [0.25, 0.3) is 0 Å². The lowest BCUT2D eigenvalue weighted by molar-refractivity contribution is 0.941. The molecule has 0 atom stereocenters. The molecule has 13 heavy (non-hydrogen) atoms. The number of hydrogen-bond donors (Lipinski definition) is 1. The number of anilines is 1. The Labute approximate surface area is 79.6 Å². The summed E-state index contributed by atoms with van der Waals surface area (Å²) < 4.78 is 0. The quantitative estimate of drug-likeness (QED) is 0.772. The summed E-state index contributed by atoms with van der Waals surface area (Å²) in [5.41, 5.74) is 2.32. The zero-order valence-corrected chi connectivity index (χ0v) is 8.81. The van der Waals surface area contributed by atoms with Crippen molar-refractivity contribution in [2.75, 3.05) is 11.9 Å². The maximum absolute atomic E-state index is 4.37. The molecule has 0 aromatic carbocycles. The highest BCUT2D eigenvalue weighted by atomic mass is 15.0. The highest BCUT2D eigenvalue weighted by Gasteiger charge is 2.06. The molecule has 0 aliphatic carbocycles. The van der Waals surface area contributed by atoms with E-state index < -0.39 is 0 Å². The molecule has 0 amide bonds. The molecular formula is C10H17N3. The normalized spacial score (nSPS) is 10.2. The van der Waals surface area contributed by atoms with Gasteiger partial charge in [-0.15, -0.1) is 0 Å². The Morgan fingerprint density at radius 2 is 1.85 bits per heavy atom. The van der Waals surface area contributed by atoms with Crippen LogP contribution in [0.1, 0.15) is 30.9 Å². The Morgan fingerprint density at radius 3 is 2.38 bits per heavy atom. The highest BCUT2D eigenvalue weighted by molar-refractivity contribution is 5.46. The zero-order valence-electron chi connectivity index (χ0n) is 8.81. The number of nitrogens with one attached hydrogen (secondary N) is 1. The number of hydrogen-bond acceptors (Lipinski definition) is 3. The Bertz CT molecular complexity index is 294. The van der Waals surface area contributed by atoms with Gasteiger partial charge >= 0.3 is 0 Å². The summed E-state index contributed by atoms with van der Waals surface area (Å²) in [6.07, 6.45) is 0.981. The molecule has 0 fully saturated rings. The van der Waals surface area contributed by atoms with Gasteiger partial charge in [0.2, 0.25) is 0 Å². The first kappa shape index (κ1) is 9.96. The van der Waals surface area contributed by atoms with E-state index in [1.165, 1.54) is 5.56 Å². The lowest BCUT2D eigenvalue weighted by Gasteiger charge is -2.10. The highest BCUT2D eigenvalue weighted by Crippen LogP contribution is 2.16. The van der Waals surface area contributed by atoms with Gasteiger partial charge in [0.05, 0.1) is 0 Å². The van der Waals surface area contributed by atoms with Crippen molar-refractivity contribution in [1.29, 1.82) is 0 Å². The van der Waals surface area contributed by atoms with Crippen molar-refractivity contribution in [3.8, 4) is 0 Å². The van der Waals surface area contributed by atoms with Gasteiger partial charge in [-0.1, -0.05) is 6.92 Å². The van der Waals surface area contributed by atoms with E-state index in [-0.39, 0.29) is 0 Å². The monoisotopic (exact) mass is 179 g/mol. The molecule has 0 aliphatic heterocycles. The predicted molar refractivity (Wildman–Crippen MR) is 55.0 cm³/mol. The summed E-state index contributed by atoms with van der Waals surface area (Å²) in [7, 11) is 0. The van der Waals surface area contributed by atoms with Gasteiger partial charge in [-0.05, 0) is 27.2 Å². The lowest BCUT2D eigenvalue weighted by Crippen LogP contribution is -2.07. The topological polar surface area (TPSA) is 37.8 Å². The van der Waals surface area contributed by atoms with Crippen LogP contribution in [0.4, 0.5) is 5.82 Å². The molecule has 72 valence electrons. The van der Waals surface area contributed by atoms with Crippen LogP contribution in [0.2, 0.25) is 0 Å². The van der Waals surface area contributed by atoms with Crippen LogP contribution >= 0.6 is 0 Å². The van der Waals surface area contributed by atoms with Crippen molar-refractivity contribution in [2.45, 2.75) is 34.1 Å². The van der Waals surface area contributed by atoms with Gasteiger partial charge in [0.1, 0.15) is 11.6 Å². The van der Waals surface area contributed by atoms with Gasteiger partial charge in [-0.2, -0.15) is 0 Å². The Morgan fingerprint density at radius 1 is 1.15 bits per heavy atom. The molecule has 1 heterocycles. The Hall–Kier alpha value is -1.12. The molecule has 3 nitrogen and oxygen atoms in total.